The smallest absolute Gasteiger partial charge is 0.305 e. The number of nitrogens with zero attached hydrogens (tertiary/aromatic N) is 3. The molecule has 8 nitrogen and oxygen atoms in total. The number of hydrogen-bond acceptors (Lipinski definition) is 7. The Morgan fingerprint density at radius 1 is 1.19 bits per heavy atom. The average molecular weight is 502 g/mol. The van der Waals surface area contributed by atoms with E-state index in [1.54, 1.807) is 25.4 Å². The van der Waals surface area contributed by atoms with Crippen molar-refractivity contribution in [2.45, 2.75) is 51.9 Å². The highest BCUT2D eigenvalue weighted by Gasteiger charge is 2.40. The maximum Gasteiger partial charge on any atom is 0.305 e. The SMILES string of the molecule is CCOc1ccc(F)c(N2CCC(Oc3ccc(N4C[C@H](OC)[C@@H](C)[C@@H]4CC(=O)O)cn3)C(C)C2)c1. The fraction of sp³-hybridized carbons (Fsp3) is 0.556. The van der Waals surface area contributed by atoms with Crippen LogP contribution in [-0.4, -0.2) is 67.7 Å². The van der Waals surface area contributed by atoms with Gasteiger partial charge in [-0.25, -0.2) is 9.37 Å². The van der Waals surface area contributed by atoms with Crippen LogP contribution in [0.3, 0.4) is 0 Å². The highest BCUT2D eigenvalue weighted by Crippen LogP contribution is 2.34. The van der Waals surface area contributed by atoms with E-state index in [2.05, 4.69) is 16.8 Å². The van der Waals surface area contributed by atoms with Crippen molar-refractivity contribution in [2.24, 2.45) is 11.8 Å². The lowest BCUT2D eigenvalue weighted by atomic mass is 9.96. The number of rotatable bonds is 9. The van der Waals surface area contributed by atoms with Crippen molar-refractivity contribution in [1.29, 1.82) is 0 Å². The van der Waals surface area contributed by atoms with Gasteiger partial charge < -0.3 is 29.1 Å². The van der Waals surface area contributed by atoms with Gasteiger partial charge in [0, 0.05) is 63.2 Å². The molecule has 2 fully saturated rings. The summed E-state index contributed by atoms with van der Waals surface area (Å²) in [4.78, 5) is 20.1. The molecule has 0 bridgehead atoms. The molecule has 9 heteroatoms. The first-order valence-corrected chi connectivity index (χ1v) is 12.6. The number of methoxy groups -OCH3 is 1. The summed E-state index contributed by atoms with van der Waals surface area (Å²) in [6, 6.07) is 8.47. The molecule has 0 amide bonds. The van der Waals surface area contributed by atoms with Gasteiger partial charge in [0.2, 0.25) is 5.88 Å². The van der Waals surface area contributed by atoms with E-state index in [1.807, 2.05) is 30.9 Å². The van der Waals surface area contributed by atoms with E-state index in [0.717, 1.165) is 12.1 Å². The molecule has 1 N–H and O–H groups in total. The molecule has 2 aliphatic rings. The Hall–Kier alpha value is -3.07. The van der Waals surface area contributed by atoms with Gasteiger partial charge in [0.15, 0.2) is 0 Å². The summed E-state index contributed by atoms with van der Waals surface area (Å²) in [6.07, 6.45) is 2.45. The second kappa shape index (κ2) is 11.3. The predicted molar refractivity (Wildman–Crippen MR) is 136 cm³/mol. The molecule has 2 saturated heterocycles. The van der Waals surface area contributed by atoms with Gasteiger partial charge in [0.05, 0.1) is 36.7 Å². The standard InChI is InChI=1S/C27H36FN3O5/c1-5-35-20-7-8-21(28)23(12-20)30-11-10-24(17(2)15-30)36-26-9-6-19(14-29-26)31-16-25(34-4)18(3)22(31)13-27(32)33/h6-9,12,14,17-18,22,24-25H,5,10-11,13,15-16H2,1-4H3,(H,32,33)/t17?,18-,22-,24?,25-/m0/s1. The van der Waals surface area contributed by atoms with Crippen LogP contribution in [-0.2, 0) is 9.53 Å². The van der Waals surface area contributed by atoms with Gasteiger partial charge in [0.25, 0.3) is 0 Å². The van der Waals surface area contributed by atoms with Crippen molar-refractivity contribution >= 4 is 17.3 Å². The Labute approximate surface area is 212 Å². The number of aliphatic carboxylic acids is 1. The Balaban J connectivity index is 1.39. The molecule has 1 aromatic heterocycles. The molecule has 0 saturated carbocycles. The number of carboxylic acid groups (broad SMARTS) is 1. The zero-order valence-corrected chi connectivity index (χ0v) is 21.4. The minimum absolute atomic E-state index is 0.0321. The zero-order valence-electron chi connectivity index (χ0n) is 21.4. The number of ether oxygens (including phenoxy) is 3. The van der Waals surface area contributed by atoms with Crippen LogP contribution in [0.5, 0.6) is 11.6 Å². The third-order valence-electron chi connectivity index (χ3n) is 7.38. The van der Waals surface area contributed by atoms with Crippen molar-refractivity contribution in [2.75, 3.05) is 43.2 Å². The first-order chi connectivity index (χ1) is 17.3. The maximum absolute atomic E-state index is 14.5. The Morgan fingerprint density at radius 2 is 2.00 bits per heavy atom. The van der Waals surface area contributed by atoms with E-state index in [0.29, 0.717) is 43.6 Å². The Morgan fingerprint density at radius 3 is 2.64 bits per heavy atom. The molecule has 3 heterocycles. The second-order valence-corrected chi connectivity index (χ2v) is 9.72. The normalized spacial score (nSPS) is 26.2. The molecule has 0 aliphatic carbocycles. The van der Waals surface area contributed by atoms with E-state index in [4.69, 9.17) is 14.2 Å². The maximum atomic E-state index is 14.5. The summed E-state index contributed by atoms with van der Waals surface area (Å²) in [5.41, 5.74) is 1.41. The molecule has 196 valence electrons. The fourth-order valence-electron chi connectivity index (χ4n) is 5.36. The summed E-state index contributed by atoms with van der Waals surface area (Å²) < 4.78 is 31.9. The summed E-state index contributed by atoms with van der Waals surface area (Å²) in [7, 11) is 1.66. The third-order valence-corrected chi connectivity index (χ3v) is 7.38. The van der Waals surface area contributed by atoms with Crippen LogP contribution in [0, 0.1) is 17.7 Å². The summed E-state index contributed by atoms with van der Waals surface area (Å²) in [5, 5.41) is 9.38. The molecule has 0 spiro atoms. The van der Waals surface area contributed by atoms with E-state index in [-0.39, 0.29) is 42.3 Å². The highest BCUT2D eigenvalue weighted by molar-refractivity contribution is 5.69. The number of aromatic nitrogens is 1. The van der Waals surface area contributed by atoms with E-state index in [1.165, 1.54) is 6.07 Å². The number of halogens is 1. The van der Waals surface area contributed by atoms with E-state index < -0.39 is 5.97 Å². The van der Waals surface area contributed by atoms with Crippen molar-refractivity contribution in [3.05, 3.63) is 42.3 Å². The van der Waals surface area contributed by atoms with Gasteiger partial charge in [0.1, 0.15) is 17.7 Å². The molecule has 2 aliphatic heterocycles. The number of hydrogen-bond donors (Lipinski definition) is 1. The quantitative estimate of drug-likeness (QED) is 0.547. The molecular formula is C27H36FN3O5. The largest absolute Gasteiger partial charge is 0.494 e. The zero-order chi connectivity index (χ0) is 25.8. The van der Waals surface area contributed by atoms with Crippen LogP contribution in [0.4, 0.5) is 15.8 Å². The molecule has 4 rings (SSSR count). The minimum Gasteiger partial charge on any atom is -0.494 e. The van der Waals surface area contributed by atoms with Crippen LogP contribution in [0.1, 0.15) is 33.6 Å². The lowest BCUT2D eigenvalue weighted by molar-refractivity contribution is -0.137. The highest BCUT2D eigenvalue weighted by atomic mass is 19.1. The molecule has 5 atom stereocenters. The van der Waals surface area contributed by atoms with Gasteiger partial charge in [-0.1, -0.05) is 13.8 Å². The van der Waals surface area contributed by atoms with Gasteiger partial charge >= 0.3 is 5.97 Å². The predicted octanol–water partition coefficient (Wildman–Crippen LogP) is 4.23. The van der Waals surface area contributed by atoms with Crippen LogP contribution < -0.4 is 19.3 Å². The topological polar surface area (TPSA) is 84.4 Å². The Bertz CT molecular complexity index is 1040. The number of piperidine rings is 1. The monoisotopic (exact) mass is 501 g/mol. The summed E-state index contributed by atoms with van der Waals surface area (Å²) in [5.74, 6) is 0.365. The van der Waals surface area contributed by atoms with Gasteiger partial charge in [-0.3, -0.25) is 4.79 Å². The van der Waals surface area contributed by atoms with Crippen molar-refractivity contribution < 1.29 is 28.5 Å². The van der Waals surface area contributed by atoms with Crippen LogP contribution >= 0.6 is 0 Å². The van der Waals surface area contributed by atoms with Gasteiger partial charge in [-0.05, 0) is 25.1 Å². The fourth-order valence-corrected chi connectivity index (χ4v) is 5.36. The lowest BCUT2D eigenvalue weighted by Gasteiger charge is -2.38. The molecule has 2 aromatic rings. The van der Waals surface area contributed by atoms with Crippen molar-refractivity contribution in [3.8, 4) is 11.6 Å². The average Bonchev–Trinajstić information content (AvgIpc) is 3.17. The van der Waals surface area contributed by atoms with E-state index in [9.17, 15) is 14.3 Å². The number of carbonyl (C=O) groups is 1. The number of pyridine rings is 1. The number of anilines is 2. The van der Waals surface area contributed by atoms with Crippen LogP contribution in [0.2, 0.25) is 0 Å². The summed E-state index contributed by atoms with van der Waals surface area (Å²) >= 11 is 0. The number of carboxylic acids is 1. The first kappa shape index (κ1) is 26.0. The molecular weight excluding hydrogens is 465 g/mol. The Kier molecular flexibility index (Phi) is 8.18. The van der Waals surface area contributed by atoms with Crippen molar-refractivity contribution in [1.82, 2.24) is 4.98 Å². The molecule has 2 unspecified atom stereocenters. The molecule has 36 heavy (non-hydrogen) atoms. The van der Waals surface area contributed by atoms with Crippen LogP contribution in [0.15, 0.2) is 36.5 Å². The van der Waals surface area contributed by atoms with Crippen LogP contribution in [0.25, 0.3) is 0 Å². The lowest BCUT2D eigenvalue weighted by Crippen LogP contribution is -2.44. The van der Waals surface area contributed by atoms with E-state index >= 15 is 0 Å². The number of benzene rings is 1. The second-order valence-electron chi connectivity index (χ2n) is 9.72. The van der Waals surface area contributed by atoms with Crippen molar-refractivity contribution in [3.63, 3.8) is 0 Å². The third kappa shape index (κ3) is 5.67. The summed E-state index contributed by atoms with van der Waals surface area (Å²) in [6.45, 7) is 8.52. The molecule has 1 aromatic carbocycles. The van der Waals surface area contributed by atoms with Gasteiger partial charge in [-0.2, -0.15) is 0 Å². The van der Waals surface area contributed by atoms with Gasteiger partial charge in [-0.15, -0.1) is 0 Å². The first-order valence-electron chi connectivity index (χ1n) is 12.6. The molecule has 0 radical (unpaired) electrons. The minimum atomic E-state index is -0.827.